The smallest absolute Gasteiger partial charge is 0.0314 e. The molecule has 0 aromatic carbocycles. The van der Waals surface area contributed by atoms with Gasteiger partial charge in [-0.05, 0) is 39.8 Å². The summed E-state index contributed by atoms with van der Waals surface area (Å²) in [5.74, 6) is 0. The molecule has 18 heavy (non-hydrogen) atoms. The van der Waals surface area contributed by atoms with E-state index in [1.807, 2.05) is 47.7 Å². The lowest BCUT2D eigenvalue weighted by Crippen LogP contribution is -2.26. The molecule has 0 bridgehead atoms. The van der Waals surface area contributed by atoms with E-state index in [1.165, 1.54) is 11.1 Å². The van der Waals surface area contributed by atoms with Crippen LogP contribution in [0.4, 0.5) is 0 Å². The molecule has 0 radical (unpaired) electrons. The van der Waals surface area contributed by atoms with E-state index in [-0.39, 0.29) is 0 Å². The molecule has 1 atom stereocenters. The Balaban J connectivity index is -0.000000506. The molecule has 0 heterocycles. The first-order chi connectivity index (χ1) is 8.67. The fourth-order valence-corrected chi connectivity index (χ4v) is 1.48. The van der Waals surface area contributed by atoms with E-state index in [4.69, 9.17) is 0 Å². The van der Waals surface area contributed by atoms with Gasteiger partial charge in [-0.1, -0.05) is 64.5 Å². The Labute approximate surface area is 116 Å². The highest BCUT2D eigenvalue weighted by molar-refractivity contribution is 5.30. The Kier molecular flexibility index (Phi) is 23.0. The number of nitrogens with one attached hydrogen (secondary N) is 1. The Morgan fingerprint density at radius 1 is 1.06 bits per heavy atom. The van der Waals surface area contributed by atoms with Crippen LogP contribution in [0.2, 0.25) is 0 Å². The molecule has 0 aliphatic heterocycles. The van der Waals surface area contributed by atoms with Crippen molar-refractivity contribution < 1.29 is 0 Å². The Morgan fingerprint density at radius 3 is 1.83 bits per heavy atom. The molecular formula is C17H35N. The maximum atomic E-state index is 3.33. The average Bonchev–Trinajstić information content (AvgIpc) is 2.42. The summed E-state index contributed by atoms with van der Waals surface area (Å²) in [6.45, 7) is 16.6. The van der Waals surface area contributed by atoms with Crippen molar-refractivity contribution >= 4 is 0 Å². The van der Waals surface area contributed by atoms with Gasteiger partial charge in [0.15, 0.2) is 0 Å². The van der Waals surface area contributed by atoms with E-state index < -0.39 is 0 Å². The zero-order valence-electron chi connectivity index (χ0n) is 14.1. The third-order valence-electron chi connectivity index (χ3n) is 2.29. The van der Waals surface area contributed by atoms with Gasteiger partial charge in [-0.25, -0.2) is 0 Å². The predicted molar refractivity (Wildman–Crippen MR) is 88.2 cm³/mol. The van der Waals surface area contributed by atoms with Crippen molar-refractivity contribution in [1.82, 2.24) is 5.32 Å². The van der Waals surface area contributed by atoms with Crippen LogP contribution in [-0.4, -0.2) is 13.1 Å². The molecule has 1 heteroatoms. The van der Waals surface area contributed by atoms with E-state index >= 15 is 0 Å². The monoisotopic (exact) mass is 253 g/mol. The van der Waals surface area contributed by atoms with E-state index in [0.717, 1.165) is 6.42 Å². The summed E-state index contributed by atoms with van der Waals surface area (Å²) >= 11 is 0. The molecule has 0 amide bonds. The number of rotatable bonds is 5. The first-order valence-electron chi connectivity index (χ1n) is 7.31. The standard InChI is InChI=1S/C13H23N.2C2H6/c1-6-8-9-10-12(11(3)4)13(7-2)14-5;2*1-2/h6,8-10,13-14H,7H2,1-5H3;2*1-2H3/b8-6-,10-9-;;. The summed E-state index contributed by atoms with van der Waals surface area (Å²) in [7, 11) is 2.01. The molecule has 0 aliphatic carbocycles. The van der Waals surface area contributed by atoms with Crippen LogP contribution in [-0.2, 0) is 0 Å². The molecule has 0 aromatic rings. The highest BCUT2D eigenvalue weighted by Crippen LogP contribution is 2.13. The highest BCUT2D eigenvalue weighted by Gasteiger charge is 2.07. The summed E-state index contributed by atoms with van der Waals surface area (Å²) in [5.41, 5.74) is 2.78. The number of likely N-dealkylation sites (N-methyl/N-ethyl adjacent to an activating group) is 1. The predicted octanol–water partition coefficient (Wildman–Crippen LogP) is 5.51. The van der Waals surface area contributed by atoms with Crippen LogP contribution in [0.5, 0.6) is 0 Å². The fraction of sp³-hybridized carbons (Fsp3) is 0.647. The Morgan fingerprint density at radius 2 is 1.56 bits per heavy atom. The van der Waals surface area contributed by atoms with Gasteiger partial charge in [0.2, 0.25) is 0 Å². The van der Waals surface area contributed by atoms with Crippen molar-refractivity contribution in [3.05, 3.63) is 35.5 Å². The minimum atomic E-state index is 0.474. The fourth-order valence-electron chi connectivity index (χ4n) is 1.48. The maximum Gasteiger partial charge on any atom is 0.0314 e. The van der Waals surface area contributed by atoms with Crippen LogP contribution >= 0.6 is 0 Å². The van der Waals surface area contributed by atoms with E-state index in [0.29, 0.717) is 6.04 Å². The molecule has 1 N–H and O–H groups in total. The van der Waals surface area contributed by atoms with Gasteiger partial charge in [-0.2, -0.15) is 0 Å². The molecule has 0 spiro atoms. The second-order valence-corrected chi connectivity index (χ2v) is 3.59. The van der Waals surface area contributed by atoms with Crippen molar-refractivity contribution in [1.29, 1.82) is 0 Å². The van der Waals surface area contributed by atoms with Crippen LogP contribution in [0.15, 0.2) is 35.5 Å². The molecule has 108 valence electrons. The minimum absolute atomic E-state index is 0.474. The van der Waals surface area contributed by atoms with Crippen LogP contribution in [0.3, 0.4) is 0 Å². The Hall–Kier alpha value is -0.820. The van der Waals surface area contributed by atoms with Gasteiger partial charge in [0, 0.05) is 6.04 Å². The Bertz CT molecular complexity index is 226. The van der Waals surface area contributed by atoms with Crippen LogP contribution < -0.4 is 5.32 Å². The van der Waals surface area contributed by atoms with Crippen LogP contribution in [0.1, 0.15) is 61.8 Å². The lowest BCUT2D eigenvalue weighted by Gasteiger charge is -2.17. The van der Waals surface area contributed by atoms with Crippen molar-refractivity contribution in [2.75, 3.05) is 7.05 Å². The second kappa shape index (κ2) is 18.5. The summed E-state index contributed by atoms with van der Waals surface area (Å²) < 4.78 is 0. The van der Waals surface area contributed by atoms with Gasteiger partial charge >= 0.3 is 0 Å². The molecule has 0 aliphatic rings. The molecule has 1 unspecified atom stereocenters. The van der Waals surface area contributed by atoms with Gasteiger partial charge in [0.25, 0.3) is 0 Å². The van der Waals surface area contributed by atoms with Gasteiger partial charge in [-0.15, -0.1) is 0 Å². The molecule has 1 nitrogen and oxygen atoms in total. The summed E-state index contributed by atoms with van der Waals surface area (Å²) in [4.78, 5) is 0. The minimum Gasteiger partial charge on any atom is -0.313 e. The first kappa shape index (κ1) is 22.4. The van der Waals surface area contributed by atoms with Gasteiger partial charge in [-0.3, -0.25) is 0 Å². The molecule has 0 fully saturated rings. The van der Waals surface area contributed by atoms with Crippen molar-refractivity contribution in [2.45, 2.75) is 67.9 Å². The molecule has 0 saturated carbocycles. The SMILES string of the molecule is C/C=C\C=C/C(=C(C)C)C(CC)NC.CC.CC. The quantitative estimate of drug-likeness (QED) is 0.637. The lowest BCUT2D eigenvalue weighted by molar-refractivity contribution is 0.622. The molecule has 0 rings (SSSR count). The third kappa shape index (κ3) is 11.7. The van der Waals surface area contributed by atoms with E-state index in [9.17, 15) is 0 Å². The van der Waals surface area contributed by atoms with Crippen LogP contribution in [0.25, 0.3) is 0 Å². The third-order valence-corrected chi connectivity index (χ3v) is 2.29. The lowest BCUT2D eigenvalue weighted by atomic mass is 9.99. The van der Waals surface area contributed by atoms with Crippen molar-refractivity contribution in [3.8, 4) is 0 Å². The topological polar surface area (TPSA) is 12.0 Å². The van der Waals surface area contributed by atoms with Gasteiger partial charge in [0.05, 0.1) is 0 Å². The van der Waals surface area contributed by atoms with Crippen LogP contribution in [0, 0.1) is 0 Å². The average molecular weight is 253 g/mol. The van der Waals surface area contributed by atoms with Crippen molar-refractivity contribution in [3.63, 3.8) is 0 Å². The zero-order valence-corrected chi connectivity index (χ0v) is 14.1. The number of hydrogen-bond donors (Lipinski definition) is 1. The first-order valence-corrected chi connectivity index (χ1v) is 7.31. The summed E-state index contributed by atoms with van der Waals surface area (Å²) in [5, 5.41) is 3.33. The summed E-state index contributed by atoms with van der Waals surface area (Å²) in [6.07, 6.45) is 9.52. The molecular weight excluding hydrogens is 218 g/mol. The van der Waals surface area contributed by atoms with Crippen molar-refractivity contribution in [2.24, 2.45) is 0 Å². The van der Waals surface area contributed by atoms with Gasteiger partial charge < -0.3 is 5.32 Å². The second-order valence-electron chi connectivity index (χ2n) is 3.59. The van der Waals surface area contributed by atoms with E-state index in [2.05, 4.69) is 44.3 Å². The number of hydrogen-bond acceptors (Lipinski definition) is 1. The van der Waals surface area contributed by atoms with Gasteiger partial charge in [0.1, 0.15) is 0 Å². The zero-order chi connectivity index (χ0) is 15.0. The highest BCUT2D eigenvalue weighted by atomic mass is 14.9. The number of allylic oxidation sites excluding steroid dienone is 4. The largest absolute Gasteiger partial charge is 0.313 e. The normalized spacial score (nSPS) is 11.4. The maximum absolute atomic E-state index is 3.33. The summed E-state index contributed by atoms with van der Waals surface area (Å²) in [6, 6.07) is 0.474. The molecule has 0 saturated heterocycles. The van der Waals surface area contributed by atoms with E-state index in [1.54, 1.807) is 0 Å². The molecule has 0 aromatic heterocycles.